The highest BCUT2D eigenvalue weighted by Crippen LogP contribution is 2.21. The summed E-state index contributed by atoms with van der Waals surface area (Å²) in [5.41, 5.74) is 1.98. The quantitative estimate of drug-likeness (QED) is 0.393. The van der Waals surface area contributed by atoms with Crippen LogP contribution in [0.2, 0.25) is 0 Å². The number of nitro benzene ring substituents is 1. The predicted molar refractivity (Wildman–Crippen MR) is 111 cm³/mol. The van der Waals surface area contributed by atoms with Crippen LogP contribution in [0.25, 0.3) is 16.6 Å². The first kappa shape index (κ1) is 19.2. The van der Waals surface area contributed by atoms with Gasteiger partial charge in [-0.2, -0.15) is 0 Å². The number of hydrogen-bond acceptors (Lipinski definition) is 4. The molecule has 9 nitrogen and oxygen atoms in total. The predicted octanol–water partition coefficient (Wildman–Crippen LogP) is 2.36. The van der Waals surface area contributed by atoms with Gasteiger partial charge in [-0.15, -0.1) is 0 Å². The Hall–Kier alpha value is -4.14. The molecule has 0 radical (unpaired) electrons. The zero-order chi connectivity index (χ0) is 21.3. The van der Waals surface area contributed by atoms with Crippen molar-refractivity contribution in [2.75, 3.05) is 0 Å². The molecule has 4 aromatic rings. The first-order valence-corrected chi connectivity index (χ1v) is 9.27. The third-order valence-corrected chi connectivity index (χ3v) is 4.96. The van der Waals surface area contributed by atoms with Gasteiger partial charge in [-0.1, -0.05) is 18.2 Å². The summed E-state index contributed by atoms with van der Waals surface area (Å²) in [5.74, 6) is -0.231. The van der Waals surface area contributed by atoms with Crippen LogP contribution in [0.1, 0.15) is 5.69 Å². The molecule has 0 bridgehead atoms. The van der Waals surface area contributed by atoms with Gasteiger partial charge >= 0.3 is 0 Å². The van der Waals surface area contributed by atoms with E-state index in [1.165, 1.54) is 22.9 Å². The second-order valence-electron chi connectivity index (χ2n) is 6.87. The molecule has 0 aliphatic carbocycles. The molecular weight excluding hydrogens is 386 g/mol. The van der Waals surface area contributed by atoms with Gasteiger partial charge in [0.15, 0.2) is 0 Å². The molecule has 0 saturated heterocycles. The summed E-state index contributed by atoms with van der Waals surface area (Å²) in [6.07, 6.45) is 1.72. The smallest absolute Gasteiger partial charge is 0.271 e. The molecule has 0 spiro atoms. The normalized spacial score (nSPS) is 11.0. The van der Waals surface area contributed by atoms with Crippen LogP contribution in [0, 0.1) is 10.1 Å². The minimum Gasteiger partial charge on any atom is -0.349 e. The maximum Gasteiger partial charge on any atom is 0.271 e. The summed E-state index contributed by atoms with van der Waals surface area (Å²) in [7, 11) is 1.77. The SMILES string of the molecule is Cn1c(CNC(=O)Cn2ccc3cc([N+](=O)[O-])ccc32)cc(=O)n1-c1ccccc1. The molecule has 0 aliphatic heterocycles. The van der Waals surface area contributed by atoms with Gasteiger partial charge in [0.1, 0.15) is 6.54 Å². The van der Waals surface area contributed by atoms with Crippen LogP contribution in [0.4, 0.5) is 5.69 Å². The van der Waals surface area contributed by atoms with Gasteiger partial charge in [-0.05, 0) is 24.3 Å². The summed E-state index contributed by atoms with van der Waals surface area (Å²) in [6.45, 7) is 0.268. The lowest BCUT2D eigenvalue weighted by Gasteiger charge is -2.11. The molecular formula is C21H19N5O4. The van der Waals surface area contributed by atoms with E-state index in [2.05, 4.69) is 5.32 Å². The molecule has 0 fully saturated rings. The zero-order valence-corrected chi connectivity index (χ0v) is 16.2. The number of carbonyl (C=O) groups is 1. The van der Waals surface area contributed by atoms with Crippen molar-refractivity contribution in [1.29, 1.82) is 0 Å². The number of nitrogens with zero attached hydrogens (tertiary/aromatic N) is 4. The largest absolute Gasteiger partial charge is 0.349 e. The van der Waals surface area contributed by atoms with Crippen molar-refractivity contribution < 1.29 is 9.72 Å². The van der Waals surface area contributed by atoms with E-state index in [1.54, 1.807) is 34.6 Å². The Kier molecular flexibility index (Phi) is 4.93. The number of nitro groups is 1. The average Bonchev–Trinajstić information content (AvgIpc) is 3.26. The van der Waals surface area contributed by atoms with E-state index in [0.717, 1.165) is 11.2 Å². The Morgan fingerprint density at radius 2 is 1.87 bits per heavy atom. The fourth-order valence-corrected chi connectivity index (χ4v) is 3.45. The fraction of sp³-hybridized carbons (Fsp3) is 0.143. The molecule has 2 heterocycles. The Bertz CT molecular complexity index is 1300. The van der Waals surface area contributed by atoms with E-state index < -0.39 is 4.92 Å². The van der Waals surface area contributed by atoms with Crippen LogP contribution < -0.4 is 10.9 Å². The van der Waals surface area contributed by atoms with Crippen molar-refractivity contribution >= 4 is 22.5 Å². The fourth-order valence-electron chi connectivity index (χ4n) is 3.45. The van der Waals surface area contributed by atoms with Crippen molar-refractivity contribution in [2.45, 2.75) is 13.1 Å². The average molecular weight is 405 g/mol. The maximum atomic E-state index is 12.4. The second kappa shape index (κ2) is 7.70. The summed E-state index contributed by atoms with van der Waals surface area (Å²) >= 11 is 0. The molecule has 9 heteroatoms. The van der Waals surface area contributed by atoms with Gasteiger partial charge in [0, 0.05) is 42.3 Å². The molecule has 0 aliphatic rings. The van der Waals surface area contributed by atoms with Crippen molar-refractivity contribution in [2.24, 2.45) is 7.05 Å². The summed E-state index contributed by atoms with van der Waals surface area (Å²) in [5, 5.41) is 14.4. The topological polar surface area (TPSA) is 104 Å². The van der Waals surface area contributed by atoms with E-state index >= 15 is 0 Å². The van der Waals surface area contributed by atoms with Gasteiger partial charge in [0.25, 0.3) is 11.2 Å². The lowest BCUT2D eigenvalue weighted by atomic mass is 10.2. The molecule has 1 N–H and O–H groups in total. The summed E-state index contributed by atoms with van der Waals surface area (Å²) in [6, 6.07) is 17.0. The highest BCUT2D eigenvalue weighted by atomic mass is 16.6. The third-order valence-electron chi connectivity index (χ3n) is 4.96. The number of aromatic nitrogens is 3. The number of rotatable bonds is 6. The van der Waals surface area contributed by atoms with Crippen LogP contribution in [0.3, 0.4) is 0 Å². The molecule has 1 amide bonds. The van der Waals surface area contributed by atoms with E-state index in [0.29, 0.717) is 11.1 Å². The number of nitrogens with one attached hydrogen (secondary N) is 1. The number of fused-ring (bicyclic) bond motifs is 1. The van der Waals surface area contributed by atoms with Crippen LogP contribution >= 0.6 is 0 Å². The van der Waals surface area contributed by atoms with Gasteiger partial charge in [0.05, 0.1) is 22.8 Å². The standard InChI is InChI=1S/C21H19N5O4/c1-23-18(12-21(28)25(23)16-5-3-2-4-6-16)13-22-20(27)14-24-10-9-15-11-17(26(29)30)7-8-19(15)24/h2-12H,13-14H2,1H3,(H,22,27). The monoisotopic (exact) mass is 405 g/mol. The molecule has 30 heavy (non-hydrogen) atoms. The van der Waals surface area contributed by atoms with Crippen LogP contribution in [0.15, 0.2) is 71.7 Å². The number of para-hydroxylation sites is 1. The number of carbonyl (C=O) groups excluding carboxylic acids is 1. The van der Waals surface area contributed by atoms with Gasteiger partial charge in [-0.25, -0.2) is 4.68 Å². The van der Waals surface area contributed by atoms with Crippen molar-refractivity contribution in [3.05, 3.63) is 93.0 Å². The summed E-state index contributed by atoms with van der Waals surface area (Å²) < 4.78 is 4.97. The third kappa shape index (κ3) is 3.60. The molecule has 4 rings (SSSR count). The van der Waals surface area contributed by atoms with Gasteiger partial charge in [-0.3, -0.25) is 24.4 Å². The molecule has 0 atom stereocenters. The van der Waals surface area contributed by atoms with Crippen molar-refractivity contribution in [3.63, 3.8) is 0 Å². The molecule has 2 aromatic heterocycles. The number of hydrogen-bond donors (Lipinski definition) is 1. The Morgan fingerprint density at radius 1 is 1.10 bits per heavy atom. The number of benzene rings is 2. The highest BCUT2D eigenvalue weighted by molar-refractivity contribution is 5.85. The first-order chi connectivity index (χ1) is 14.4. The van der Waals surface area contributed by atoms with E-state index in [9.17, 15) is 19.7 Å². The highest BCUT2D eigenvalue weighted by Gasteiger charge is 2.13. The Labute approximate surface area is 170 Å². The Balaban J connectivity index is 1.47. The van der Waals surface area contributed by atoms with Crippen LogP contribution in [-0.4, -0.2) is 24.8 Å². The Morgan fingerprint density at radius 3 is 2.60 bits per heavy atom. The van der Waals surface area contributed by atoms with Crippen LogP contribution in [0.5, 0.6) is 0 Å². The maximum absolute atomic E-state index is 12.4. The number of non-ortho nitro benzene ring substituents is 1. The van der Waals surface area contributed by atoms with Gasteiger partial charge in [0.2, 0.25) is 5.91 Å². The molecule has 0 unspecified atom stereocenters. The lowest BCUT2D eigenvalue weighted by Crippen LogP contribution is -2.28. The summed E-state index contributed by atoms with van der Waals surface area (Å²) in [4.78, 5) is 35.3. The molecule has 2 aromatic carbocycles. The van der Waals surface area contributed by atoms with E-state index in [1.807, 2.05) is 30.3 Å². The van der Waals surface area contributed by atoms with Crippen molar-refractivity contribution in [1.82, 2.24) is 19.2 Å². The van der Waals surface area contributed by atoms with E-state index in [-0.39, 0.29) is 30.2 Å². The van der Waals surface area contributed by atoms with E-state index in [4.69, 9.17) is 0 Å². The minimum atomic E-state index is -0.449. The molecule has 0 saturated carbocycles. The molecule has 152 valence electrons. The lowest BCUT2D eigenvalue weighted by molar-refractivity contribution is -0.384. The minimum absolute atomic E-state index is 0.00791. The van der Waals surface area contributed by atoms with Gasteiger partial charge < -0.3 is 9.88 Å². The second-order valence-corrected chi connectivity index (χ2v) is 6.87. The van der Waals surface area contributed by atoms with Crippen LogP contribution in [-0.2, 0) is 24.9 Å². The van der Waals surface area contributed by atoms with Crippen molar-refractivity contribution in [3.8, 4) is 5.69 Å². The first-order valence-electron chi connectivity index (χ1n) is 9.27. The number of amides is 1. The zero-order valence-electron chi connectivity index (χ0n) is 16.2.